The van der Waals surface area contributed by atoms with Crippen LogP contribution >= 0.6 is 0 Å². The lowest BCUT2D eigenvalue weighted by Gasteiger charge is -2.30. The molecule has 0 saturated carbocycles. The fourth-order valence-electron chi connectivity index (χ4n) is 2.26. The van der Waals surface area contributed by atoms with Gasteiger partial charge < -0.3 is 14.7 Å². The lowest BCUT2D eigenvalue weighted by Crippen LogP contribution is -2.40. The highest BCUT2D eigenvalue weighted by atomic mass is 16.5. The van der Waals surface area contributed by atoms with Gasteiger partial charge in [0, 0.05) is 26.8 Å². The maximum Gasteiger partial charge on any atom is 0.228 e. The van der Waals surface area contributed by atoms with Crippen molar-refractivity contribution in [2.45, 2.75) is 26.7 Å². The van der Waals surface area contributed by atoms with Gasteiger partial charge in [0.15, 0.2) is 0 Å². The van der Waals surface area contributed by atoms with Gasteiger partial charge in [0.2, 0.25) is 5.91 Å². The Hall–Kier alpha value is -0.610. The summed E-state index contributed by atoms with van der Waals surface area (Å²) in [5.74, 6) is 0.530. The first kappa shape index (κ1) is 14.5. The highest BCUT2D eigenvalue weighted by molar-refractivity contribution is 5.78. The Bertz CT molecular complexity index is 237. The number of rotatable bonds is 5. The standard InChI is InChI=1S/C13H25NO3/c1-10(2)12(9-15)13(16)14(3)8-11-4-6-17-7-5-11/h10-12,15H,4-9H2,1-3H3. The van der Waals surface area contributed by atoms with E-state index in [0.29, 0.717) is 5.92 Å². The molecule has 100 valence electrons. The molecular formula is C13H25NO3. The van der Waals surface area contributed by atoms with Gasteiger partial charge in [-0.15, -0.1) is 0 Å². The summed E-state index contributed by atoms with van der Waals surface area (Å²) in [6.45, 7) is 6.28. The lowest BCUT2D eigenvalue weighted by atomic mass is 9.94. The fraction of sp³-hybridized carbons (Fsp3) is 0.923. The molecule has 1 fully saturated rings. The van der Waals surface area contributed by atoms with Crippen molar-refractivity contribution in [3.05, 3.63) is 0 Å². The monoisotopic (exact) mass is 243 g/mol. The second-order valence-corrected chi connectivity index (χ2v) is 5.31. The summed E-state index contributed by atoms with van der Waals surface area (Å²) in [4.78, 5) is 13.9. The van der Waals surface area contributed by atoms with Crippen LogP contribution in [0.5, 0.6) is 0 Å². The van der Waals surface area contributed by atoms with Gasteiger partial charge in [-0.2, -0.15) is 0 Å². The van der Waals surface area contributed by atoms with Crippen molar-refractivity contribution in [1.29, 1.82) is 0 Å². The molecule has 1 N–H and O–H groups in total. The first-order valence-electron chi connectivity index (χ1n) is 6.49. The molecule has 17 heavy (non-hydrogen) atoms. The predicted molar refractivity (Wildman–Crippen MR) is 66.6 cm³/mol. The molecule has 0 aliphatic carbocycles. The van der Waals surface area contributed by atoms with Crippen LogP contribution in [0, 0.1) is 17.8 Å². The quantitative estimate of drug-likeness (QED) is 0.787. The summed E-state index contributed by atoms with van der Waals surface area (Å²) >= 11 is 0. The van der Waals surface area contributed by atoms with E-state index in [-0.39, 0.29) is 24.3 Å². The summed E-state index contributed by atoms with van der Waals surface area (Å²) in [5.41, 5.74) is 0. The van der Waals surface area contributed by atoms with E-state index in [0.717, 1.165) is 32.6 Å². The van der Waals surface area contributed by atoms with Gasteiger partial charge in [-0.05, 0) is 24.7 Å². The summed E-state index contributed by atoms with van der Waals surface area (Å²) in [7, 11) is 1.84. The minimum absolute atomic E-state index is 0.0609. The second kappa shape index (κ2) is 6.97. The third-order valence-electron chi connectivity index (χ3n) is 3.57. The molecule has 1 heterocycles. The zero-order chi connectivity index (χ0) is 12.8. The third kappa shape index (κ3) is 4.28. The van der Waals surface area contributed by atoms with Crippen LogP contribution in [0.2, 0.25) is 0 Å². The molecule has 1 unspecified atom stereocenters. The van der Waals surface area contributed by atoms with Gasteiger partial charge >= 0.3 is 0 Å². The van der Waals surface area contributed by atoms with Crippen molar-refractivity contribution in [2.24, 2.45) is 17.8 Å². The molecule has 1 rings (SSSR count). The Kier molecular flexibility index (Phi) is 5.92. The first-order valence-corrected chi connectivity index (χ1v) is 6.49. The summed E-state index contributed by atoms with van der Waals surface area (Å²) < 4.78 is 5.31. The largest absolute Gasteiger partial charge is 0.396 e. The number of carbonyl (C=O) groups is 1. The molecule has 1 aliphatic heterocycles. The minimum Gasteiger partial charge on any atom is -0.396 e. The van der Waals surface area contributed by atoms with Crippen molar-refractivity contribution in [2.75, 3.05) is 33.4 Å². The minimum atomic E-state index is -0.264. The lowest BCUT2D eigenvalue weighted by molar-refractivity contribution is -0.138. The van der Waals surface area contributed by atoms with Gasteiger partial charge in [0.1, 0.15) is 0 Å². The zero-order valence-electron chi connectivity index (χ0n) is 11.2. The van der Waals surface area contributed by atoms with Crippen LogP contribution in [-0.4, -0.2) is 49.3 Å². The highest BCUT2D eigenvalue weighted by Crippen LogP contribution is 2.18. The Morgan fingerprint density at radius 2 is 2.00 bits per heavy atom. The van der Waals surface area contributed by atoms with Crippen molar-refractivity contribution < 1.29 is 14.6 Å². The van der Waals surface area contributed by atoms with Crippen LogP contribution in [0.4, 0.5) is 0 Å². The van der Waals surface area contributed by atoms with Crippen LogP contribution in [0.25, 0.3) is 0 Å². The van der Waals surface area contributed by atoms with Crippen molar-refractivity contribution >= 4 is 5.91 Å². The first-order chi connectivity index (χ1) is 8.06. The van der Waals surface area contributed by atoms with Crippen molar-refractivity contribution in [3.8, 4) is 0 Å². The number of ether oxygens (including phenoxy) is 1. The number of hydrogen-bond acceptors (Lipinski definition) is 3. The molecule has 0 aromatic carbocycles. The van der Waals surface area contributed by atoms with Gasteiger partial charge in [-0.25, -0.2) is 0 Å². The van der Waals surface area contributed by atoms with E-state index in [1.165, 1.54) is 0 Å². The van der Waals surface area contributed by atoms with E-state index >= 15 is 0 Å². The van der Waals surface area contributed by atoms with E-state index in [4.69, 9.17) is 4.74 Å². The summed E-state index contributed by atoms with van der Waals surface area (Å²) in [6.07, 6.45) is 2.06. The molecule has 4 heteroatoms. The summed E-state index contributed by atoms with van der Waals surface area (Å²) in [5, 5.41) is 9.25. The van der Waals surface area contributed by atoms with E-state index in [1.54, 1.807) is 4.90 Å². The Morgan fingerprint density at radius 1 is 1.41 bits per heavy atom. The molecule has 0 aromatic heterocycles. The van der Waals surface area contributed by atoms with Crippen LogP contribution in [0.1, 0.15) is 26.7 Å². The van der Waals surface area contributed by atoms with E-state index < -0.39 is 0 Å². The van der Waals surface area contributed by atoms with Gasteiger partial charge in [0.05, 0.1) is 12.5 Å². The van der Waals surface area contributed by atoms with Gasteiger partial charge in [-0.1, -0.05) is 13.8 Å². The smallest absolute Gasteiger partial charge is 0.228 e. The van der Waals surface area contributed by atoms with E-state index in [2.05, 4.69) is 0 Å². The Balaban J connectivity index is 2.44. The number of aliphatic hydroxyl groups excluding tert-OH is 1. The third-order valence-corrected chi connectivity index (χ3v) is 3.57. The average molecular weight is 243 g/mol. The molecule has 1 aliphatic rings. The van der Waals surface area contributed by atoms with Crippen LogP contribution in [0.3, 0.4) is 0 Å². The number of aliphatic hydroxyl groups is 1. The molecule has 4 nitrogen and oxygen atoms in total. The predicted octanol–water partition coefficient (Wildman–Crippen LogP) is 1.14. The van der Waals surface area contributed by atoms with E-state index in [9.17, 15) is 9.90 Å². The Labute approximate surface area is 104 Å². The van der Waals surface area contributed by atoms with E-state index in [1.807, 2.05) is 20.9 Å². The number of carbonyl (C=O) groups excluding carboxylic acids is 1. The average Bonchev–Trinajstić information content (AvgIpc) is 2.30. The molecule has 1 saturated heterocycles. The second-order valence-electron chi connectivity index (χ2n) is 5.31. The van der Waals surface area contributed by atoms with Gasteiger partial charge in [0.25, 0.3) is 0 Å². The van der Waals surface area contributed by atoms with Crippen molar-refractivity contribution in [3.63, 3.8) is 0 Å². The number of hydrogen-bond donors (Lipinski definition) is 1. The van der Waals surface area contributed by atoms with Gasteiger partial charge in [-0.3, -0.25) is 4.79 Å². The normalized spacial score (nSPS) is 19.4. The molecule has 0 spiro atoms. The zero-order valence-corrected chi connectivity index (χ0v) is 11.2. The number of nitrogens with zero attached hydrogens (tertiary/aromatic N) is 1. The van der Waals surface area contributed by atoms with Crippen LogP contribution in [-0.2, 0) is 9.53 Å². The molecule has 1 amide bonds. The number of amides is 1. The molecular weight excluding hydrogens is 218 g/mol. The molecule has 0 aromatic rings. The molecule has 1 atom stereocenters. The molecule has 0 bridgehead atoms. The molecule has 0 radical (unpaired) electrons. The van der Waals surface area contributed by atoms with Crippen LogP contribution in [0.15, 0.2) is 0 Å². The Morgan fingerprint density at radius 3 is 2.47 bits per heavy atom. The van der Waals surface area contributed by atoms with Crippen LogP contribution < -0.4 is 0 Å². The van der Waals surface area contributed by atoms with Crippen molar-refractivity contribution in [1.82, 2.24) is 4.90 Å². The fourth-order valence-corrected chi connectivity index (χ4v) is 2.26. The maximum absolute atomic E-state index is 12.1. The topological polar surface area (TPSA) is 49.8 Å². The highest BCUT2D eigenvalue weighted by Gasteiger charge is 2.26. The summed E-state index contributed by atoms with van der Waals surface area (Å²) in [6, 6.07) is 0. The maximum atomic E-state index is 12.1. The SMILES string of the molecule is CC(C)C(CO)C(=O)N(C)CC1CCOCC1.